The van der Waals surface area contributed by atoms with Gasteiger partial charge in [0.15, 0.2) is 11.5 Å². The van der Waals surface area contributed by atoms with Crippen LogP contribution in [0.25, 0.3) is 0 Å². The highest BCUT2D eigenvalue weighted by atomic mass is 79.9. The zero-order chi connectivity index (χ0) is 14.9. The molecule has 0 heterocycles. The van der Waals surface area contributed by atoms with E-state index >= 15 is 0 Å². The first-order valence-electron chi connectivity index (χ1n) is 6.94. The molecule has 0 fully saturated rings. The number of ether oxygens (including phenoxy) is 3. The van der Waals surface area contributed by atoms with Gasteiger partial charge in [-0.05, 0) is 49.2 Å². The van der Waals surface area contributed by atoms with Crippen LogP contribution in [0.4, 0.5) is 0 Å². The molecule has 0 atom stereocenters. The fourth-order valence-corrected chi connectivity index (χ4v) is 2.11. The SMILES string of the molecule is COc1ccccc1OCCCCOc1ccc(Br)cc1. The topological polar surface area (TPSA) is 27.7 Å². The normalized spacial score (nSPS) is 10.2. The van der Waals surface area contributed by atoms with E-state index in [0.717, 1.165) is 34.6 Å². The van der Waals surface area contributed by atoms with Crippen molar-refractivity contribution < 1.29 is 14.2 Å². The van der Waals surface area contributed by atoms with Crippen LogP contribution in [0, 0.1) is 0 Å². The maximum absolute atomic E-state index is 5.71. The molecule has 0 radical (unpaired) electrons. The van der Waals surface area contributed by atoms with Crippen molar-refractivity contribution in [2.24, 2.45) is 0 Å². The van der Waals surface area contributed by atoms with Gasteiger partial charge in [-0.1, -0.05) is 28.1 Å². The summed E-state index contributed by atoms with van der Waals surface area (Å²) in [7, 11) is 1.65. The van der Waals surface area contributed by atoms with Gasteiger partial charge in [-0.25, -0.2) is 0 Å². The first kappa shape index (κ1) is 15.7. The molecule has 0 aromatic heterocycles. The van der Waals surface area contributed by atoms with Gasteiger partial charge in [0.05, 0.1) is 20.3 Å². The second kappa shape index (κ2) is 8.57. The molecular formula is C17H19BrO3. The van der Waals surface area contributed by atoms with Gasteiger partial charge < -0.3 is 14.2 Å². The molecule has 0 aliphatic rings. The third kappa shape index (κ3) is 5.31. The first-order valence-corrected chi connectivity index (χ1v) is 7.73. The van der Waals surface area contributed by atoms with Crippen molar-refractivity contribution >= 4 is 15.9 Å². The summed E-state index contributed by atoms with van der Waals surface area (Å²) in [6.45, 7) is 1.35. The molecule has 4 heteroatoms. The lowest BCUT2D eigenvalue weighted by atomic mass is 10.3. The molecule has 0 saturated heterocycles. The van der Waals surface area contributed by atoms with Crippen molar-refractivity contribution in [2.75, 3.05) is 20.3 Å². The van der Waals surface area contributed by atoms with E-state index in [1.54, 1.807) is 7.11 Å². The van der Waals surface area contributed by atoms with Crippen molar-refractivity contribution in [3.63, 3.8) is 0 Å². The van der Waals surface area contributed by atoms with E-state index in [0.29, 0.717) is 13.2 Å². The van der Waals surface area contributed by atoms with Crippen molar-refractivity contribution in [1.82, 2.24) is 0 Å². The zero-order valence-electron chi connectivity index (χ0n) is 12.0. The minimum absolute atomic E-state index is 0.657. The van der Waals surface area contributed by atoms with E-state index in [-0.39, 0.29) is 0 Å². The molecule has 2 rings (SSSR count). The van der Waals surface area contributed by atoms with E-state index < -0.39 is 0 Å². The molecule has 3 nitrogen and oxygen atoms in total. The van der Waals surface area contributed by atoms with E-state index in [9.17, 15) is 0 Å². The Hall–Kier alpha value is -1.68. The summed E-state index contributed by atoms with van der Waals surface area (Å²) < 4.78 is 17.7. The van der Waals surface area contributed by atoms with E-state index in [1.165, 1.54) is 0 Å². The average Bonchev–Trinajstić information content (AvgIpc) is 2.53. The van der Waals surface area contributed by atoms with E-state index in [4.69, 9.17) is 14.2 Å². The number of benzene rings is 2. The maximum atomic E-state index is 5.71. The zero-order valence-corrected chi connectivity index (χ0v) is 13.6. The Balaban J connectivity index is 1.63. The standard InChI is InChI=1S/C17H19BrO3/c1-19-16-6-2-3-7-17(16)21-13-5-4-12-20-15-10-8-14(18)9-11-15/h2-3,6-11H,4-5,12-13H2,1H3. The van der Waals surface area contributed by atoms with Crippen LogP contribution in [-0.4, -0.2) is 20.3 Å². The fourth-order valence-electron chi connectivity index (χ4n) is 1.85. The lowest BCUT2D eigenvalue weighted by molar-refractivity contribution is 0.258. The summed E-state index contributed by atoms with van der Waals surface area (Å²) in [6, 6.07) is 15.5. The van der Waals surface area contributed by atoms with Gasteiger partial charge in [0, 0.05) is 4.47 Å². The molecule has 0 aliphatic carbocycles. The molecule has 21 heavy (non-hydrogen) atoms. The Morgan fingerprint density at radius 1 is 0.810 bits per heavy atom. The summed E-state index contributed by atoms with van der Waals surface area (Å²) in [5.74, 6) is 2.45. The third-order valence-corrected chi connectivity index (χ3v) is 3.48. The van der Waals surface area contributed by atoms with Crippen LogP contribution >= 0.6 is 15.9 Å². The molecular weight excluding hydrogens is 332 g/mol. The molecule has 112 valence electrons. The van der Waals surface area contributed by atoms with Crippen LogP contribution in [-0.2, 0) is 0 Å². The van der Waals surface area contributed by atoms with Gasteiger partial charge >= 0.3 is 0 Å². The molecule has 2 aromatic carbocycles. The van der Waals surface area contributed by atoms with Crippen LogP contribution in [0.2, 0.25) is 0 Å². The molecule has 2 aromatic rings. The number of hydrogen-bond donors (Lipinski definition) is 0. The number of rotatable bonds is 8. The number of hydrogen-bond acceptors (Lipinski definition) is 3. The monoisotopic (exact) mass is 350 g/mol. The van der Waals surface area contributed by atoms with Gasteiger partial charge in [-0.2, -0.15) is 0 Å². The summed E-state index contributed by atoms with van der Waals surface area (Å²) in [5.41, 5.74) is 0. The number of halogens is 1. The molecule has 0 spiro atoms. The van der Waals surface area contributed by atoms with Crippen molar-refractivity contribution in [3.8, 4) is 17.2 Å². The molecule has 0 amide bonds. The Morgan fingerprint density at radius 3 is 2.10 bits per heavy atom. The smallest absolute Gasteiger partial charge is 0.161 e. The fraction of sp³-hybridized carbons (Fsp3) is 0.294. The summed E-state index contributed by atoms with van der Waals surface area (Å²) in [5, 5.41) is 0. The van der Waals surface area contributed by atoms with Gasteiger partial charge in [-0.15, -0.1) is 0 Å². The Kier molecular flexibility index (Phi) is 6.41. The van der Waals surface area contributed by atoms with Crippen LogP contribution in [0.15, 0.2) is 53.0 Å². The van der Waals surface area contributed by atoms with Crippen molar-refractivity contribution in [2.45, 2.75) is 12.8 Å². The quantitative estimate of drug-likeness (QED) is 0.646. The Labute approximate surface area is 134 Å². The predicted octanol–water partition coefficient (Wildman–Crippen LogP) is 4.70. The van der Waals surface area contributed by atoms with Crippen LogP contribution < -0.4 is 14.2 Å². The number of methoxy groups -OCH3 is 1. The minimum atomic E-state index is 0.657. The first-order chi connectivity index (χ1) is 10.3. The van der Waals surface area contributed by atoms with Crippen molar-refractivity contribution in [1.29, 1.82) is 0 Å². The highest BCUT2D eigenvalue weighted by Gasteiger charge is 2.01. The highest BCUT2D eigenvalue weighted by molar-refractivity contribution is 9.10. The van der Waals surface area contributed by atoms with E-state index in [1.807, 2.05) is 48.5 Å². The Bertz CT molecular complexity index is 540. The Morgan fingerprint density at radius 2 is 1.43 bits per heavy atom. The average molecular weight is 351 g/mol. The lowest BCUT2D eigenvalue weighted by Crippen LogP contribution is -2.03. The number of para-hydroxylation sites is 2. The maximum Gasteiger partial charge on any atom is 0.161 e. The van der Waals surface area contributed by atoms with Crippen LogP contribution in [0.5, 0.6) is 17.2 Å². The highest BCUT2D eigenvalue weighted by Crippen LogP contribution is 2.25. The van der Waals surface area contributed by atoms with Crippen molar-refractivity contribution in [3.05, 3.63) is 53.0 Å². The van der Waals surface area contributed by atoms with Gasteiger partial charge in [0.2, 0.25) is 0 Å². The summed E-state index contributed by atoms with van der Waals surface area (Å²) in [4.78, 5) is 0. The molecule has 0 aliphatic heterocycles. The predicted molar refractivity (Wildman–Crippen MR) is 87.4 cm³/mol. The van der Waals surface area contributed by atoms with Crippen LogP contribution in [0.3, 0.4) is 0 Å². The lowest BCUT2D eigenvalue weighted by Gasteiger charge is -2.10. The van der Waals surface area contributed by atoms with E-state index in [2.05, 4.69) is 15.9 Å². The molecule has 0 saturated carbocycles. The van der Waals surface area contributed by atoms with Gasteiger partial charge in [0.1, 0.15) is 5.75 Å². The molecule has 0 unspecified atom stereocenters. The molecule has 0 N–H and O–H groups in total. The van der Waals surface area contributed by atoms with Gasteiger partial charge in [-0.3, -0.25) is 0 Å². The largest absolute Gasteiger partial charge is 0.494 e. The number of unbranched alkanes of at least 4 members (excludes halogenated alkanes) is 1. The summed E-state index contributed by atoms with van der Waals surface area (Å²) in [6.07, 6.45) is 1.89. The molecule has 0 bridgehead atoms. The minimum Gasteiger partial charge on any atom is -0.494 e. The second-order valence-corrected chi connectivity index (χ2v) is 5.42. The van der Waals surface area contributed by atoms with Crippen LogP contribution in [0.1, 0.15) is 12.8 Å². The third-order valence-electron chi connectivity index (χ3n) is 2.95. The summed E-state index contributed by atoms with van der Waals surface area (Å²) >= 11 is 3.40. The van der Waals surface area contributed by atoms with Gasteiger partial charge in [0.25, 0.3) is 0 Å². The second-order valence-electron chi connectivity index (χ2n) is 4.51.